The number of likely N-dealkylation sites (tertiary alicyclic amines) is 1. The number of H-pyrrole nitrogens is 1. The van der Waals surface area contributed by atoms with Gasteiger partial charge in [0.25, 0.3) is 0 Å². The molecule has 1 amide bonds. The summed E-state index contributed by atoms with van der Waals surface area (Å²) in [6.45, 7) is 2.72. The maximum absolute atomic E-state index is 12.2. The zero-order valence-electron chi connectivity index (χ0n) is 13.1. The van der Waals surface area contributed by atoms with Crippen molar-refractivity contribution in [1.29, 1.82) is 0 Å². The fourth-order valence-corrected chi connectivity index (χ4v) is 3.67. The Labute approximate surface area is 131 Å². The number of piperidine rings is 1. The molecule has 4 N–H and O–H groups in total. The first kappa shape index (κ1) is 15.3. The quantitative estimate of drug-likeness (QED) is 0.743. The summed E-state index contributed by atoms with van der Waals surface area (Å²) in [5.41, 5.74) is 5.45. The van der Waals surface area contributed by atoms with Gasteiger partial charge in [-0.3, -0.25) is 9.89 Å². The number of hydrogen-bond donors (Lipinski definition) is 3. The number of aromatic amines is 1. The highest BCUT2D eigenvalue weighted by molar-refractivity contribution is 5.78. The second kappa shape index (κ2) is 7.09. The number of aromatic nitrogens is 3. The van der Waals surface area contributed by atoms with E-state index in [2.05, 4.69) is 25.4 Å². The standard InChI is InChI=1S/C15H26N6O/c16-15-18-13(19-20-15)5-8-17-14(22)11-6-9-21(10-7-11)12-3-1-2-4-12/h11-12H,1-10H2,(H,17,22)(H3,16,18,19,20). The number of carbonyl (C=O) groups is 1. The molecule has 0 radical (unpaired) electrons. The van der Waals surface area contributed by atoms with Crippen molar-refractivity contribution in [1.82, 2.24) is 25.4 Å². The molecule has 1 aromatic rings. The molecule has 0 spiro atoms. The number of anilines is 1. The molecule has 2 aliphatic rings. The van der Waals surface area contributed by atoms with Crippen LogP contribution in [-0.2, 0) is 11.2 Å². The average molecular weight is 306 g/mol. The molecule has 0 aromatic carbocycles. The van der Waals surface area contributed by atoms with E-state index in [0.717, 1.165) is 32.0 Å². The van der Waals surface area contributed by atoms with Crippen LogP contribution in [-0.4, -0.2) is 51.7 Å². The number of nitrogens with zero attached hydrogens (tertiary/aromatic N) is 3. The SMILES string of the molecule is Nc1n[nH]c(CCNC(=O)C2CCN(C3CCCC3)CC2)n1. The molecule has 22 heavy (non-hydrogen) atoms. The van der Waals surface area contributed by atoms with E-state index in [1.165, 1.54) is 25.7 Å². The smallest absolute Gasteiger partial charge is 0.239 e. The molecule has 1 aliphatic heterocycles. The highest BCUT2D eigenvalue weighted by Crippen LogP contribution is 2.27. The lowest BCUT2D eigenvalue weighted by Crippen LogP contribution is -2.44. The van der Waals surface area contributed by atoms with E-state index in [1.54, 1.807) is 0 Å². The fourth-order valence-electron chi connectivity index (χ4n) is 3.67. The first-order valence-corrected chi connectivity index (χ1v) is 8.41. The van der Waals surface area contributed by atoms with Gasteiger partial charge in [-0.1, -0.05) is 12.8 Å². The first-order valence-electron chi connectivity index (χ1n) is 8.41. The summed E-state index contributed by atoms with van der Waals surface area (Å²) < 4.78 is 0. The Morgan fingerprint density at radius 2 is 2.00 bits per heavy atom. The number of amides is 1. The van der Waals surface area contributed by atoms with Gasteiger partial charge in [0.1, 0.15) is 5.82 Å². The summed E-state index contributed by atoms with van der Waals surface area (Å²) in [7, 11) is 0. The van der Waals surface area contributed by atoms with Crippen molar-refractivity contribution >= 4 is 11.9 Å². The van der Waals surface area contributed by atoms with Gasteiger partial charge < -0.3 is 16.0 Å². The first-order chi connectivity index (χ1) is 10.7. The highest BCUT2D eigenvalue weighted by atomic mass is 16.1. The lowest BCUT2D eigenvalue weighted by atomic mass is 9.94. The molecule has 1 aromatic heterocycles. The third kappa shape index (κ3) is 3.76. The minimum absolute atomic E-state index is 0.164. The number of carbonyl (C=O) groups excluding carboxylic acids is 1. The summed E-state index contributed by atoms with van der Waals surface area (Å²) in [5, 5.41) is 9.53. The van der Waals surface area contributed by atoms with Crippen LogP contribution < -0.4 is 11.1 Å². The van der Waals surface area contributed by atoms with Crippen LogP contribution >= 0.6 is 0 Å². The molecule has 3 rings (SSSR count). The second-order valence-electron chi connectivity index (χ2n) is 6.43. The summed E-state index contributed by atoms with van der Waals surface area (Å²) in [5.74, 6) is 1.31. The monoisotopic (exact) mass is 306 g/mol. The lowest BCUT2D eigenvalue weighted by Gasteiger charge is -2.35. The topological polar surface area (TPSA) is 99.9 Å². The van der Waals surface area contributed by atoms with Gasteiger partial charge in [-0.25, -0.2) is 0 Å². The van der Waals surface area contributed by atoms with E-state index >= 15 is 0 Å². The van der Waals surface area contributed by atoms with Crippen LogP contribution in [0.15, 0.2) is 0 Å². The Morgan fingerprint density at radius 3 is 2.64 bits per heavy atom. The molecule has 2 fully saturated rings. The molecule has 7 heteroatoms. The van der Waals surface area contributed by atoms with Gasteiger partial charge in [-0.15, -0.1) is 5.10 Å². The number of nitrogen functional groups attached to an aromatic ring is 1. The zero-order valence-corrected chi connectivity index (χ0v) is 13.1. The Hall–Kier alpha value is -1.63. The van der Waals surface area contributed by atoms with Crippen molar-refractivity contribution in [3.8, 4) is 0 Å². The predicted octanol–water partition coefficient (Wildman–Crippen LogP) is 0.700. The Balaban J connectivity index is 1.36. The van der Waals surface area contributed by atoms with E-state index in [9.17, 15) is 4.79 Å². The van der Waals surface area contributed by atoms with Crippen LogP contribution in [0.1, 0.15) is 44.3 Å². The van der Waals surface area contributed by atoms with Crippen LogP contribution in [0.4, 0.5) is 5.95 Å². The van der Waals surface area contributed by atoms with Crippen LogP contribution in [0, 0.1) is 5.92 Å². The second-order valence-corrected chi connectivity index (χ2v) is 6.43. The number of nitrogens with one attached hydrogen (secondary N) is 2. The van der Waals surface area contributed by atoms with E-state index in [-0.39, 0.29) is 17.8 Å². The predicted molar refractivity (Wildman–Crippen MR) is 84.1 cm³/mol. The number of rotatable bonds is 5. The number of nitrogens with two attached hydrogens (primary N) is 1. The van der Waals surface area contributed by atoms with E-state index < -0.39 is 0 Å². The molecule has 1 aliphatic carbocycles. The summed E-state index contributed by atoms with van der Waals surface area (Å²) in [6.07, 6.45) is 8.04. The lowest BCUT2D eigenvalue weighted by molar-refractivity contribution is -0.126. The van der Waals surface area contributed by atoms with Crippen molar-refractivity contribution < 1.29 is 4.79 Å². The van der Waals surface area contributed by atoms with Gasteiger partial charge >= 0.3 is 0 Å². The highest BCUT2D eigenvalue weighted by Gasteiger charge is 2.29. The third-order valence-electron chi connectivity index (χ3n) is 4.95. The minimum Gasteiger partial charge on any atom is -0.367 e. The third-order valence-corrected chi connectivity index (χ3v) is 4.95. The van der Waals surface area contributed by atoms with Gasteiger partial charge in [0, 0.05) is 24.9 Å². The Kier molecular flexibility index (Phi) is 4.92. The maximum Gasteiger partial charge on any atom is 0.239 e. The van der Waals surface area contributed by atoms with Gasteiger partial charge in [-0.05, 0) is 38.8 Å². The largest absolute Gasteiger partial charge is 0.367 e. The van der Waals surface area contributed by atoms with Gasteiger partial charge in [0.05, 0.1) is 0 Å². The maximum atomic E-state index is 12.2. The molecular weight excluding hydrogens is 280 g/mol. The Morgan fingerprint density at radius 1 is 1.27 bits per heavy atom. The molecule has 7 nitrogen and oxygen atoms in total. The van der Waals surface area contributed by atoms with Crippen LogP contribution in [0.3, 0.4) is 0 Å². The fraction of sp³-hybridized carbons (Fsp3) is 0.800. The Bertz CT molecular complexity index is 488. The summed E-state index contributed by atoms with van der Waals surface area (Å²) in [6, 6.07) is 0.779. The van der Waals surface area contributed by atoms with Crippen molar-refractivity contribution in [3.63, 3.8) is 0 Å². The molecule has 2 heterocycles. The van der Waals surface area contributed by atoms with Crippen molar-refractivity contribution in [2.75, 3.05) is 25.4 Å². The molecule has 0 bridgehead atoms. The number of hydrogen-bond acceptors (Lipinski definition) is 5. The van der Waals surface area contributed by atoms with Crippen LogP contribution in [0.25, 0.3) is 0 Å². The van der Waals surface area contributed by atoms with Gasteiger partial charge in [0.2, 0.25) is 11.9 Å². The van der Waals surface area contributed by atoms with E-state index in [0.29, 0.717) is 18.8 Å². The summed E-state index contributed by atoms with van der Waals surface area (Å²) >= 11 is 0. The van der Waals surface area contributed by atoms with Crippen molar-refractivity contribution in [2.24, 2.45) is 5.92 Å². The minimum atomic E-state index is 0.164. The van der Waals surface area contributed by atoms with E-state index in [1.807, 2.05) is 0 Å². The molecule has 0 atom stereocenters. The van der Waals surface area contributed by atoms with E-state index in [4.69, 9.17) is 5.73 Å². The van der Waals surface area contributed by atoms with Gasteiger partial charge in [0.15, 0.2) is 0 Å². The van der Waals surface area contributed by atoms with Crippen LogP contribution in [0.5, 0.6) is 0 Å². The van der Waals surface area contributed by atoms with Crippen molar-refractivity contribution in [2.45, 2.75) is 51.0 Å². The molecule has 0 unspecified atom stereocenters. The van der Waals surface area contributed by atoms with Gasteiger partial charge in [-0.2, -0.15) is 4.98 Å². The zero-order chi connectivity index (χ0) is 15.4. The molecule has 1 saturated carbocycles. The normalized spacial score (nSPS) is 21.3. The summed E-state index contributed by atoms with van der Waals surface area (Å²) in [4.78, 5) is 18.8. The molecule has 1 saturated heterocycles. The van der Waals surface area contributed by atoms with Crippen LogP contribution in [0.2, 0.25) is 0 Å². The average Bonchev–Trinajstić information content (AvgIpc) is 3.19. The van der Waals surface area contributed by atoms with Crippen molar-refractivity contribution in [3.05, 3.63) is 5.82 Å². The molecular formula is C15H26N6O. The molecule has 122 valence electrons.